The van der Waals surface area contributed by atoms with E-state index < -0.39 is 6.10 Å². The topological polar surface area (TPSA) is 40.5 Å². The predicted octanol–water partition coefficient (Wildman–Crippen LogP) is 2.54. The van der Waals surface area contributed by atoms with E-state index in [-0.39, 0.29) is 5.91 Å². The summed E-state index contributed by atoms with van der Waals surface area (Å²) in [5.41, 5.74) is 2.08. The molecule has 1 aromatic carbocycles. The number of carbonyl (C=O) groups excluding carboxylic acids is 1. The Labute approximate surface area is 103 Å². The number of rotatable bonds is 4. The Balaban J connectivity index is 2.84. The third kappa shape index (κ3) is 3.30. The summed E-state index contributed by atoms with van der Waals surface area (Å²) in [4.78, 5) is 13.1. The summed E-state index contributed by atoms with van der Waals surface area (Å²) in [5, 5.41) is 9.24. The molecule has 0 aliphatic rings. The Hall–Kier alpha value is -1.35. The molecule has 3 heteroatoms. The van der Waals surface area contributed by atoms with Gasteiger partial charge in [0.1, 0.15) is 6.10 Å². The van der Waals surface area contributed by atoms with Crippen LogP contribution in [0.25, 0.3) is 0 Å². The molecule has 2 unspecified atom stereocenters. The highest BCUT2D eigenvalue weighted by atomic mass is 16.3. The molecule has 17 heavy (non-hydrogen) atoms. The van der Waals surface area contributed by atoms with Crippen LogP contribution in [0.4, 0.5) is 5.69 Å². The minimum atomic E-state index is -0.964. The lowest BCUT2D eigenvalue weighted by Crippen LogP contribution is -2.34. The number of aliphatic hydroxyl groups excluding tert-OH is 1. The molecule has 0 aromatic heterocycles. The molecule has 0 aliphatic heterocycles. The van der Waals surface area contributed by atoms with Crippen LogP contribution in [0, 0.1) is 0 Å². The van der Waals surface area contributed by atoms with Gasteiger partial charge < -0.3 is 10.0 Å². The van der Waals surface area contributed by atoms with Crippen LogP contribution >= 0.6 is 0 Å². The molecule has 94 valence electrons. The summed E-state index contributed by atoms with van der Waals surface area (Å²) in [6, 6.07) is 7.91. The zero-order chi connectivity index (χ0) is 13.0. The van der Waals surface area contributed by atoms with Crippen molar-refractivity contribution in [3.8, 4) is 0 Å². The van der Waals surface area contributed by atoms with Gasteiger partial charge in [-0.3, -0.25) is 4.79 Å². The van der Waals surface area contributed by atoms with Gasteiger partial charge in [0.2, 0.25) is 0 Å². The zero-order valence-corrected chi connectivity index (χ0v) is 11.0. The summed E-state index contributed by atoms with van der Waals surface area (Å²) in [7, 11) is 1.67. The smallest absolute Gasteiger partial charge is 0.255 e. The van der Waals surface area contributed by atoms with Crippen molar-refractivity contribution >= 4 is 11.6 Å². The van der Waals surface area contributed by atoms with E-state index in [1.807, 2.05) is 24.3 Å². The fourth-order valence-electron chi connectivity index (χ4n) is 1.67. The van der Waals surface area contributed by atoms with Gasteiger partial charge in [0.25, 0.3) is 5.91 Å². The first kappa shape index (κ1) is 13.7. The molecular formula is C14H21NO2. The van der Waals surface area contributed by atoms with E-state index in [9.17, 15) is 9.90 Å². The quantitative estimate of drug-likeness (QED) is 0.871. The molecule has 0 aliphatic carbocycles. The average molecular weight is 235 g/mol. The lowest BCUT2D eigenvalue weighted by molar-refractivity contribution is -0.125. The van der Waals surface area contributed by atoms with Crippen LogP contribution in [0.5, 0.6) is 0 Å². The van der Waals surface area contributed by atoms with Crippen LogP contribution in [0.1, 0.15) is 38.7 Å². The Morgan fingerprint density at radius 1 is 1.29 bits per heavy atom. The van der Waals surface area contributed by atoms with E-state index in [2.05, 4.69) is 13.8 Å². The van der Waals surface area contributed by atoms with Gasteiger partial charge in [-0.15, -0.1) is 0 Å². The molecule has 1 amide bonds. The SMILES string of the molecule is CCC(C)c1ccc(N(C)C(=O)C(C)O)cc1. The highest BCUT2D eigenvalue weighted by molar-refractivity contribution is 5.95. The molecule has 0 fully saturated rings. The van der Waals surface area contributed by atoms with Crippen LogP contribution in [0.3, 0.4) is 0 Å². The van der Waals surface area contributed by atoms with E-state index in [0.717, 1.165) is 12.1 Å². The normalized spacial score (nSPS) is 14.2. The minimum absolute atomic E-state index is 0.290. The van der Waals surface area contributed by atoms with Crippen molar-refractivity contribution in [3.63, 3.8) is 0 Å². The van der Waals surface area contributed by atoms with Crippen LogP contribution in [0.2, 0.25) is 0 Å². The molecule has 0 heterocycles. The van der Waals surface area contributed by atoms with Gasteiger partial charge in [0.05, 0.1) is 0 Å². The molecule has 0 saturated carbocycles. The van der Waals surface area contributed by atoms with E-state index in [4.69, 9.17) is 0 Å². The summed E-state index contributed by atoms with van der Waals surface area (Å²) in [6.07, 6.45) is 0.135. The molecule has 0 spiro atoms. The second-order valence-electron chi connectivity index (χ2n) is 4.47. The summed E-state index contributed by atoms with van der Waals surface area (Å²) < 4.78 is 0. The summed E-state index contributed by atoms with van der Waals surface area (Å²) in [5.74, 6) is 0.239. The highest BCUT2D eigenvalue weighted by Crippen LogP contribution is 2.22. The lowest BCUT2D eigenvalue weighted by atomic mass is 9.98. The first-order chi connectivity index (χ1) is 7.97. The van der Waals surface area contributed by atoms with Gasteiger partial charge in [0, 0.05) is 12.7 Å². The standard InChI is InChI=1S/C14H21NO2/c1-5-10(2)12-6-8-13(9-7-12)15(4)14(17)11(3)16/h6-11,16H,5H2,1-4H3. The third-order valence-corrected chi connectivity index (χ3v) is 3.15. The summed E-state index contributed by atoms with van der Waals surface area (Å²) >= 11 is 0. The zero-order valence-electron chi connectivity index (χ0n) is 11.0. The number of aliphatic hydroxyl groups is 1. The van der Waals surface area contributed by atoms with Crippen molar-refractivity contribution in [2.24, 2.45) is 0 Å². The molecule has 0 radical (unpaired) electrons. The maximum Gasteiger partial charge on any atom is 0.255 e. The Bertz CT molecular complexity index is 370. The third-order valence-electron chi connectivity index (χ3n) is 3.15. The van der Waals surface area contributed by atoms with Gasteiger partial charge in [-0.2, -0.15) is 0 Å². The molecule has 0 saturated heterocycles. The van der Waals surface area contributed by atoms with E-state index in [1.165, 1.54) is 17.4 Å². The number of hydrogen-bond acceptors (Lipinski definition) is 2. The fraction of sp³-hybridized carbons (Fsp3) is 0.500. The van der Waals surface area contributed by atoms with Gasteiger partial charge in [-0.05, 0) is 37.0 Å². The average Bonchev–Trinajstić information content (AvgIpc) is 2.36. The number of benzene rings is 1. The molecule has 1 aromatic rings. The highest BCUT2D eigenvalue weighted by Gasteiger charge is 2.16. The number of carbonyl (C=O) groups is 1. The number of likely N-dealkylation sites (N-methyl/N-ethyl adjacent to an activating group) is 1. The number of amides is 1. The first-order valence-corrected chi connectivity index (χ1v) is 6.03. The maximum absolute atomic E-state index is 11.6. The van der Waals surface area contributed by atoms with Gasteiger partial charge >= 0.3 is 0 Å². The minimum Gasteiger partial charge on any atom is -0.384 e. The van der Waals surface area contributed by atoms with Crippen LogP contribution in [-0.4, -0.2) is 24.2 Å². The fourth-order valence-corrected chi connectivity index (χ4v) is 1.67. The Kier molecular flexibility index (Phi) is 4.70. The second kappa shape index (κ2) is 5.82. The predicted molar refractivity (Wildman–Crippen MR) is 70.2 cm³/mol. The largest absolute Gasteiger partial charge is 0.384 e. The Morgan fingerprint density at radius 2 is 1.82 bits per heavy atom. The van der Waals surface area contributed by atoms with Crippen LogP contribution in [-0.2, 0) is 4.79 Å². The van der Waals surface area contributed by atoms with E-state index >= 15 is 0 Å². The van der Waals surface area contributed by atoms with Crippen molar-refractivity contribution in [1.82, 2.24) is 0 Å². The van der Waals surface area contributed by atoms with Crippen molar-refractivity contribution in [2.75, 3.05) is 11.9 Å². The van der Waals surface area contributed by atoms with Crippen molar-refractivity contribution in [3.05, 3.63) is 29.8 Å². The van der Waals surface area contributed by atoms with Crippen LogP contribution in [0.15, 0.2) is 24.3 Å². The van der Waals surface area contributed by atoms with Gasteiger partial charge in [0.15, 0.2) is 0 Å². The molecule has 2 atom stereocenters. The van der Waals surface area contributed by atoms with Crippen molar-refractivity contribution in [2.45, 2.75) is 39.2 Å². The molecule has 3 nitrogen and oxygen atoms in total. The van der Waals surface area contributed by atoms with Crippen molar-refractivity contribution < 1.29 is 9.90 Å². The summed E-state index contributed by atoms with van der Waals surface area (Å²) in [6.45, 7) is 5.81. The molecule has 1 N–H and O–H groups in total. The number of nitrogens with zero attached hydrogens (tertiary/aromatic N) is 1. The van der Waals surface area contributed by atoms with Gasteiger partial charge in [-0.25, -0.2) is 0 Å². The molecule has 1 rings (SSSR count). The van der Waals surface area contributed by atoms with E-state index in [1.54, 1.807) is 7.05 Å². The van der Waals surface area contributed by atoms with Crippen LogP contribution < -0.4 is 4.90 Å². The van der Waals surface area contributed by atoms with Crippen molar-refractivity contribution in [1.29, 1.82) is 0 Å². The number of hydrogen-bond donors (Lipinski definition) is 1. The first-order valence-electron chi connectivity index (χ1n) is 6.03. The number of anilines is 1. The van der Waals surface area contributed by atoms with Gasteiger partial charge in [-0.1, -0.05) is 26.0 Å². The Morgan fingerprint density at radius 3 is 2.24 bits per heavy atom. The monoisotopic (exact) mass is 235 g/mol. The molecular weight excluding hydrogens is 214 g/mol. The molecule has 0 bridgehead atoms. The van der Waals surface area contributed by atoms with E-state index in [0.29, 0.717) is 5.92 Å². The second-order valence-corrected chi connectivity index (χ2v) is 4.47. The maximum atomic E-state index is 11.6. The lowest BCUT2D eigenvalue weighted by Gasteiger charge is -2.19.